The molecule has 2 aromatic rings. The summed E-state index contributed by atoms with van der Waals surface area (Å²) in [6, 6.07) is 14.8. The van der Waals surface area contributed by atoms with Crippen molar-refractivity contribution in [1.82, 2.24) is 5.32 Å². The average Bonchev–Trinajstić information content (AvgIpc) is 2.24. The highest BCUT2D eigenvalue weighted by atomic mass is 35.5. The number of hydrogen-bond acceptors (Lipinski definition) is 0. The lowest BCUT2D eigenvalue weighted by atomic mass is 10.2. The maximum absolute atomic E-state index is 5.99. The highest BCUT2D eigenvalue weighted by Crippen LogP contribution is 2.29. The molecule has 0 aliphatic carbocycles. The molecule has 2 aromatic carbocycles. The topological polar surface area (TPSA) is 14.1 Å². The van der Waals surface area contributed by atoms with Crippen LogP contribution in [-0.4, -0.2) is 0 Å². The predicted octanol–water partition coefficient (Wildman–Crippen LogP) is 4.56. The van der Waals surface area contributed by atoms with Gasteiger partial charge in [0.25, 0.3) is 0 Å². The molecule has 1 nitrogen and oxygen atoms in total. The van der Waals surface area contributed by atoms with Crippen molar-refractivity contribution < 1.29 is 0 Å². The zero-order valence-corrected chi connectivity index (χ0v) is 9.33. The van der Waals surface area contributed by atoms with Crippen molar-refractivity contribution in [2.24, 2.45) is 0 Å². The Morgan fingerprint density at radius 2 is 1.07 bits per heavy atom. The summed E-state index contributed by atoms with van der Waals surface area (Å²) in [7, 11) is 0. The quantitative estimate of drug-likeness (QED) is 0.726. The Labute approximate surface area is 98.6 Å². The normalized spacial score (nSPS) is 10.0. The van der Waals surface area contributed by atoms with Crippen LogP contribution in [0.4, 0.5) is 11.4 Å². The third-order valence-electron chi connectivity index (χ3n) is 1.95. The van der Waals surface area contributed by atoms with Crippen LogP contribution in [0.25, 0.3) is 0 Å². The van der Waals surface area contributed by atoms with Gasteiger partial charge in [-0.3, -0.25) is 0 Å². The lowest BCUT2D eigenvalue weighted by Gasteiger charge is -2.05. The van der Waals surface area contributed by atoms with E-state index in [1.54, 1.807) is 12.1 Å². The molecular weight excluding hydrogens is 229 g/mol. The van der Waals surface area contributed by atoms with Gasteiger partial charge < -0.3 is 0 Å². The third-order valence-corrected chi connectivity index (χ3v) is 2.59. The second-order valence-electron chi connectivity index (χ2n) is 3.01. The van der Waals surface area contributed by atoms with Crippen LogP contribution in [0.2, 0.25) is 10.0 Å². The molecule has 0 aliphatic heterocycles. The Hall–Kier alpha value is -1.18. The van der Waals surface area contributed by atoms with E-state index >= 15 is 0 Å². The second-order valence-corrected chi connectivity index (χ2v) is 3.83. The molecule has 0 bridgehead atoms. The van der Waals surface area contributed by atoms with Crippen molar-refractivity contribution in [2.45, 2.75) is 0 Å². The predicted molar refractivity (Wildman–Crippen MR) is 64.4 cm³/mol. The number of rotatable bonds is 2. The maximum atomic E-state index is 5.99. The fraction of sp³-hybridized carbons (Fsp3) is 0. The van der Waals surface area contributed by atoms with Crippen molar-refractivity contribution in [3.8, 4) is 0 Å². The van der Waals surface area contributed by atoms with Crippen LogP contribution >= 0.6 is 23.2 Å². The molecule has 0 spiro atoms. The molecule has 0 saturated heterocycles. The van der Waals surface area contributed by atoms with E-state index in [0.29, 0.717) is 10.0 Å². The first-order valence-corrected chi connectivity index (χ1v) is 5.24. The van der Waals surface area contributed by atoms with Crippen LogP contribution < -0.4 is 5.32 Å². The van der Waals surface area contributed by atoms with E-state index in [4.69, 9.17) is 23.2 Å². The zero-order chi connectivity index (χ0) is 10.7. The van der Waals surface area contributed by atoms with Crippen molar-refractivity contribution in [2.75, 3.05) is 0 Å². The maximum Gasteiger partial charge on any atom is 0.0823 e. The number of nitrogens with zero attached hydrogens (tertiary/aromatic N) is 1. The molecule has 0 aliphatic rings. The van der Waals surface area contributed by atoms with Gasteiger partial charge in [-0.25, -0.2) is 5.32 Å². The Morgan fingerprint density at radius 3 is 1.47 bits per heavy atom. The van der Waals surface area contributed by atoms with Crippen LogP contribution in [0.15, 0.2) is 48.5 Å². The SMILES string of the molecule is Clc1ccccc1[N]c1ccccc1Cl. The van der Waals surface area contributed by atoms with Gasteiger partial charge in [0, 0.05) is 0 Å². The van der Waals surface area contributed by atoms with Gasteiger partial charge in [-0.2, -0.15) is 0 Å². The van der Waals surface area contributed by atoms with Gasteiger partial charge in [-0.05, 0) is 24.3 Å². The molecule has 0 heterocycles. The number of para-hydroxylation sites is 2. The molecule has 75 valence electrons. The van der Waals surface area contributed by atoms with E-state index in [1.807, 2.05) is 36.4 Å². The van der Waals surface area contributed by atoms with Gasteiger partial charge in [-0.1, -0.05) is 47.5 Å². The first-order valence-electron chi connectivity index (χ1n) is 4.48. The molecule has 0 saturated carbocycles. The molecule has 0 atom stereocenters. The number of halogens is 2. The molecule has 15 heavy (non-hydrogen) atoms. The molecule has 0 aromatic heterocycles. The van der Waals surface area contributed by atoms with E-state index in [9.17, 15) is 0 Å². The average molecular weight is 237 g/mol. The molecule has 0 N–H and O–H groups in total. The smallest absolute Gasteiger partial charge is 0.0823 e. The Morgan fingerprint density at radius 1 is 0.667 bits per heavy atom. The Balaban J connectivity index is 2.30. The van der Waals surface area contributed by atoms with E-state index in [-0.39, 0.29) is 0 Å². The van der Waals surface area contributed by atoms with Gasteiger partial charge in [0.05, 0.1) is 21.4 Å². The van der Waals surface area contributed by atoms with Gasteiger partial charge >= 0.3 is 0 Å². The van der Waals surface area contributed by atoms with Crippen molar-refractivity contribution in [1.29, 1.82) is 0 Å². The number of benzene rings is 2. The minimum absolute atomic E-state index is 0.623. The highest BCUT2D eigenvalue weighted by molar-refractivity contribution is 6.34. The molecule has 3 heteroatoms. The van der Waals surface area contributed by atoms with Gasteiger partial charge in [0.1, 0.15) is 0 Å². The second kappa shape index (κ2) is 4.56. The van der Waals surface area contributed by atoms with Crippen molar-refractivity contribution in [3.05, 3.63) is 58.6 Å². The molecule has 0 fully saturated rings. The Bertz CT molecular complexity index is 425. The molecule has 0 unspecified atom stereocenters. The largest absolute Gasteiger partial charge is 0.246 e. The molecule has 1 radical (unpaired) electrons. The summed E-state index contributed by atoms with van der Waals surface area (Å²) < 4.78 is 0. The van der Waals surface area contributed by atoms with Gasteiger partial charge in [0.2, 0.25) is 0 Å². The summed E-state index contributed by atoms with van der Waals surface area (Å²) in [4.78, 5) is 0. The van der Waals surface area contributed by atoms with Crippen molar-refractivity contribution >= 4 is 34.6 Å². The molecular formula is C12H8Cl2N. The summed E-state index contributed by atoms with van der Waals surface area (Å²) in [5, 5.41) is 5.62. The third kappa shape index (κ3) is 2.44. The first kappa shape index (κ1) is 10.3. The standard InChI is InChI=1S/C12H8Cl2N/c13-9-5-1-3-7-11(9)15-12-8-4-2-6-10(12)14/h1-8H. The lowest BCUT2D eigenvalue weighted by molar-refractivity contribution is 1.19. The van der Waals surface area contributed by atoms with Gasteiger partial charge in [0.15, 0.2) is 0 Å². The molecule has 2 rings (SSSR count). The van der Waals surface area contributed by atoms with Crippen LogP contribution in [0.1, 0.15) is 0 Å². The van der Waals surface area contributed by atoms with E-state index in [2.05, 4.69) is 5.32 Å². The first-order chi connectivity index (χ1) is 7.27. The summed E-state index contributed by atoms with van der Waals surface area (Å²) in [6.07, 6.45) is 0. The number of hydrogen-bond donors (Lipinski definition) is 0. The fourth-order valence-corrected chi connectivity index (χ4v) is 1.57. The molecule has 0 amide bonds. The fourth-order valence-electron chi connectivity index (χ4n) is 1.21. The van der Waals surface area contributed by atoms with E-state index in [0.717, 1.165) is 11.4 Å². The highest BCUT2D eigenvalue weighted by Gasteiger charge is 2.04. The minimum Gasteiger partial charge on any atom is -0.246 e. The van der Waals surface area contributed by atoms with Crippen LogP contribution in [0.5, 0.6) is 0 Å². The Kier molecular flexibility index (Phi) is 3.14. The minimum atomic E-state index is 0.623. The monoisotopic (exact) mass is 236 g/mol. The van der Waals surface area contributed by atoms with Crippen LogP contribution in [0, 0.1) is 0 Å². The summed E-state index contributed by atoms with van der Waals surface area (Å²) in [5.74, 6) is 0. The van der Waals surface area contributed by atoms with E-state index < -0.39 is 0 Å². The lowest BCUT2D eigenvalue weighted by Crippen LogP contribution is -1.89. The summed E-state index contributed by atoms with van der Waals surface area (Å²) in [6.45, 7) is 0. The van der Waals surface area contributed by atoms with Crippen LogP contribution in [0.3, 0.4) is 0 Å². The van der Waals surface area contributed by atoms with Crippen LogP contribution in [-0.2, 0) is 0 Å². The summed E-state index contributed by atoms with van der Waals surface area (Å²) in [5.41, 5.74) is 1.46. The summed E-state index contributed by atoms with van der Waals surface area (Å²) >= 11 is 12.0. The zero-order valence-electron chi connectivity index (χ0n) is 7.82. The van der Waals surface area contributed by atoms with Gasteiger partial charge in [-0.15, -0.1) is 0 Å². The van der Waals surface area contributed by atoms with E-state index in [1.165, 1.54) is 0 Å². The van der Waals surface area contributed by atoms with Crippen molar-refractivity contribution in [3.63, 3.8) is 0 Å².